The Morgan fingerprint density at radius 3 is 1.83 bits per heavy atom. The van der Waals surface area contributed by atoms with Crippen molar-refractivity contribution in [3.05, 3.63) is 35.9 Å². The summed E-state index contributed by atoms with van der Waals surface area (Å²) in [6, 6.07) is 7.54. The maximum atomic E-state index is 15.1. The van der Waals surface area contributed by atoms with Crippen LogP contribution in [0.5, 0.6) is 0 Å². The van der Waals surface area contributed by atoms with Crippen LogP contribution in [0.3, 0.4) is 0 Å². The molecule has 0 saturated heterocycles. The van der Waals surface area contributed by atoms with Crippen LogP contribution < -0.4 is 0 Å². The summed E-state index contributed by atoms with van der Waals surface area (Å²) in [6.07, 6.45) is -8.67. The smallest absolute Gasteiger partial charge is 0.251 e. The summed E-state index contributed by atoms with van der Waals surface area (Å²) >= 11 is 0. The maximum Gasteiger partial charge on any atom is 0.397 e. The van der Waals surface area contributed by atoms with Gasteiger partial charge in [0.25, 0.3) is 0 Å². The van der Waals surface area contributed by atoms with Crippen LogP contribution in [0.1, 0.15) is 18.9 Å². The average Bonchev–Trinajstić information content (AvgIpc) is 2.47. The standard InChI is InChI=1S/C15H16F7.Y/c1-2-14(19,10-6-4-3-5-7-10)11(8-16)13(18)12(9-17)15(20,21)22;/h4-7,11-13H,2,8-9H2,1H3;/q-1;. The molecule has 23 heavy (non-hydrogen) atoms. The van der Waals surface area contributed by atoms with Crippen LogP contribution in [0.2, 0.25) is 0 Å². The maximum absolute atomic E-state index is 15.1. The summed E-state index contributed by atoms with van der Waals surface area (Å²) in [7, 11) is 0. The first kappa shape index (κ1) is 22.8. The molecule has 0 aliphatic carbocycles. The van der Waals surface area contributed by atoms with Crippen LogP contribution in [-0.4, -0.2) is 25.7 Å². The third kappa shape index (κ3) is 5.15. The summed E-state index contributed by atoms with van der Waals surface area (Å²) < 4.78 is 92.9. The van der Waals surface area contributed by atoms with Gasteiger partial charge in [-0.2, -0.15) is 43.5 Å². The Hall–Kier alpha value is -0.166. The molecule has 0 spiro atoms. The number of alkyl halides is 7. The summed E-state index contributed by atoms with van der Waals surface area (Å²) in [6.45, 7) is -2.47. The number of halogens is 7. The second-order valence-electron chi connectivity index (χ2n) is 5.01. The molecule has 0 amide bonds. The van der Waals surface area contributed by atoms with Crippen molar-refractivity contribution in [1.82, 2.24) is 0 Å². The molecule has 0 fully saturated rings. The Labute approximate surface area is 155 Å². The number of benzene rings is 1. The molecule has 0 nitrogen and oxygen atoms in total. The van der Waals surface area contributed by atoms with Crippen LogP contribution in [0.25, 0.3) is 0 Å². The topological polar surface area (TPSA) is 0 Å². The van der Waals surface area contributed by atoms with Gasteiger partial charge in [0.2, 0.25) is 0 Å². The largest absolute Gasteiger partial charge is 0.397 e. The third-order valence-corrected chi connectivity index (χ3v) is 3.82. The fraction of sp³-hybridized carbons (Fsp3) is 0.600. The van der Waals surface area contributed by atoms with Crippen molar-refractivity contribution < 1.29 is 63.4 Å². The van der Waals surface area contributed by atoms with E-state index in [0.29, 0.717) is 0 Å². The monoisotopic (exact) mass is 418 g/mol. The second kappa shape index (κ2) is 9.35. The van der Waals surface area contributed by atoms with Gasteiger partial charge < -0.3 is 0 Å². The van der Waals surface area contributed by atoms with E-state index in [9.17, 15) is 26.3 Å². The second-order valence-corrected chi connectivity index (χ2v) is 5.01. The van der Waals surface area contributed by atoms with Gasteiger partial charge in [0.15, 0.2) is 0 Å². The Balaban J connectivity index is 0.00000484. The van der Waals surface area contributed by atoms with E-state index in [2.05, 4.69) is 6.07 Å². The average molecular weight is 418 g/mol. The molecule has 0 heterocycles. The number of hydrogen-bond donors (Lipinski definition) is 0. The van der Waals surface area contributed by atoms with Gasteiger partial charge in [-0.3, -0.25) is 8.78 Å². The summed E-state index contributed by atoms with van der Waals surface area (Å²) in [5.41, 5.74) is -2.82. The molecule has 129 valence electrons. The van der Waals surface area contributed by atoms with Gasteiger partial charge in [-0.25, -0.2) is 8.78 Å². The van der Waals surface area contributed by atoms with E-state index in [1.165, 1.54) is 31.2 Å². The number of rotatable bonds is 7. The molecule has 4 atom stereocenters. The van der Waals surface area contributed by atoms with E-state index in [1.54, 1.807) is 0 Å². The van der Waals surface area contributed by atoms with Crippen molar-refractivity contribution in [2.75, 3.05) is 13.3 Å². The summed E-state index contributed by atoms with van der Waals surface area (Å²) in [4.78, 5) is 0. The van der Waals surface area contributed by atoms with Crippen molar-refractivity contribution in [3.8, 4) is 0 Å². The van der Waals surface area contributed by atoms with E-state index in [1.807, 2.05) is 0 Å². The molecule has 1 aromatic carbocycles. The van der Waals surface area contributed by atoms with Crippen LogP contribution in [-0.2, 0) is 38.4 Å². The van der Waals surface area contributed by atoms with Crippen LogP contribution in [0.4, 0.5) is 30.7 Å². The molecule has 0 N–H and O–H groups in total. The van der Waals surface area contributed by atoms with Gasteiger partial charge >= 0.3 is 6.18 Å². The Morgan fingerprint density at radius 2 is 1.48 bits per heavy atom. The van der Waals surface area contributed by atoms with Crippen molar-refractivity contribution in [3.63, 3.8) is 0 Å². The van der Waals surface area contributed by atoms with Gasteiger partial charge in [0.1, 0.15) is 24.4 Å². The molecule has 0 saturated carbocycles. The molecule has 8 heteroatoms. The van der Waals surface area contributed by atoms with Crippen molar-refractivity contribution >= 4 is 0 Å². The zero-order valence-corrected chi connectivity index (χ0v) is 15.2. The molecule has 1 radical (unpaired) electrons. The molecule has 0 bridgehead atoms. The van der Waals surface area contributed by atoms with Gasteiger partial charge in [-0.15, -0.1) is 5.56 Å². The predicted molar refractivity (Wildman–Crippen MR) is 68.2 cm³/mol. The quantitative estimate of drug-likeness (QED) is 0.426. The van der Waals surface area contributed by atoms with E-state index >= 15 is 4.39 Å². The van der Waals surface area contributed by atoms with Crippen molar-refractivity contribution in [1.29, 1.82) is 0 Å². The van der Waals surface area contributed by atoms with Crippen LogP contribution in [0.15, 0.2) is 24.3 Å². The van der Waals surface area contributed by atoms with Gasteiger partial charge in [-0.05, 0) is 6.42 Å². The molecule has 0 aliphatic heterocycles. The normalized spacial score (nSPS) is 18.4. The SMILES string of the molecule is CCC(F)(c1cc[c-]cc1)C(CF)C(F)C(CF)C(F)(F)F.[Y]. The van der Waals surface area contributed by atoms with Crippen molar-refractivity contribution in [2.45, 2.75) is 31.4 Å². The van der Waals surface area contributed by atoms with E-state index in [-0.39, 0.29) is 38.3 Å². The first-order valence-electron chi connectivity index (χ1n) is 6.70. The van der Waals surface area contributed by atoms with E-state index in [4.69, 9.17) is 0 Å². The third-order valence-electron chi connectivity index (χ3n) is 3.82. The van der Waals surface area contributed by atoms with Crippen LogP contribution >= 0.6 is 0 Å². The van der Waals surface area contributed by atoms with Gasteiger partial charge in [0, 0.05) is 32.7 Å². The van der Waals surface area contributed by atoms with E-state index in [0.717, 1.165) is 0 Å². The fourth-order valence-electron chi connectivity index (χ4n) is 2.44. The first-order chi connectivity index (χ1) is 10.2. The molecule has 0 aliphatic rings. The zero-order valence-electron chi connectivity index (χ0n) is 12.4. The Morgan fingerprint density at radius 1 is 1.00 bits per heavy atom. The molecule has 1 rings (SSSR count). The number of hydrogen-bond acceptors (Lipinski definition) is 0. The minimum atomic E-state index is -5.21. The zero-order chi connectivity index (χ0) is 17.0. The minimum Gasteiger partial charge on any atom is -0.251 e. The predicted octanol–water partition coefficient (Wildman–Crippen LogP) is 5.13. The molecule has 1 aromatic rings. The Kier molecular flexibility index (Phi) is 9.28. The van der Waals surface area contributed by atoms with Crippen LogP contribution in [0, 0.1) is 17.9 Å². The van der Waals surface area contributed by atoms with Crippen molar-refractivity contribution in [2.24, 2.45) is 11.8 Å². The van der Waals surface area contributed by atoms with Gasteiger partial charge in [0.05, 0.1) is 12.6 Å². The molecular formula is C15H16F7Y-. The molecule has 0 aromatic heterocycles. The summed E-state index contributed by atoms with van der Waals surface area (Å²) in [5, 5.41) is 0. The Bertz CT molecular complexity index is 451. The molecule has 4 unspecified atom stereocenters. The summed E-state index contributed by atoms with van der Waals surface area (Å²) in [5.74, 6) is -5.30. The molecular weight excluding hydrogens is 402 g/mol. The minimum absolute atomic E-state index is 0. The van der Waals surface area contributed by atoms with E-state index < -0.39 is 49.6 Å². The first-order valence-corrected chi connectivity index (χ1v) is 6.70. The van der Waals surface area contributed by atoms with Gasteiger partial charge in [-0.1, -0.05) is 6.92 Å². The fourth-order valence-corrected chi connectivity index (χ4v) is 2.44.